The smallest absolute Gasteiger partial charge is 0.338 e. The van der Waals surface area contributed by atoms with Gasteiger partial charge in [0, 0.05) is 6.54 Å². The molecule has 0 aliphatic carbocycles. The Labute approximate surface area is 200 Å². The lowest BCUT2D eigenvalue weighted by molar-refractivity contribution is -0.122. The SMILES string of the molecule is C=CCOc1ccc(C=C2SC(=Nc3cccc(C(=O)OCC)c3)N(CC)C2=O)cc1Br. The highest BCUT2D eigenvalue weighted by Crippen LogP contribution is 2.35. The van der Waals surface area contributed by atoms with Gasteiger partial charge in [-0.15, -0.1) is 0 Å². The molecule has 0 unspecified atom stereocenters. The molecule has 166 valence electrons. The molecule has 1 aliphatic heterocycles. The highest BCUT2D eigenvalue weighted by atomic mass is 79.9. The van der Waals surface area contributed by atoms with Gasteiger partial charge in [0.25, 0.3) is 5.91 Å². The van der Waals surface area contributed by atoms with Gasteiger partial charge in [0.05, 0.1) is 27.2 Å². The van der Waals surface area contributed by atoms with E-state index in [1.165, 1.54) is 11.8 Å². The lowest BCUT2D eigenvalue weighted by Crippen LogP contribution is -2.28. The molecular formula is C24H23BrN2O4S. The number of amidine groups is 1. The van der Waals surface area contributed by atoms with Crippen molar-refractivity contribution < 1.29 is 19.1 Å². The molecule has 32 heavy (non-hydrogen) atoms. The number of benzene rings is 2. The van der Waals surface area contributed by atoms with E-state index in [9.17, 15) is 9.59 Å². The number of rotatable bonds is 8. The molecule has 1 amide bonds. The zero-order chi connectivity index (χ0) is 23.1. The summed E-state index contributed by atoms with van der Waals surface area (Å²) in [6.07, 6.45) is 3.51. The average molecular weight is 515 g/mol. The number of halogens is 1. The largest absolute Gasteiger partial charge is 0.488 e. The molecule has 1 saturated heterocycles. The highest BCUT2D eigenvalue weighted by molar-refractivity contribution is 9.10. The van der Waals surface area contributed by atoms with E-state index in [0.717, 1.165) is 10.0 Å². The van der Waals surface area contributed by atoms with Crippen molar-refractivity contribution >= 4 is 56.5 Å². The number of ether oxygens (including phenoxy) is 2. The van der Waals surface area contributed by atoms with E-state index in [0.29, 0.717) is 46.8 Å². The maximum Gasteiger partial charge on any atom is 0.338 e. The highest BCUT2D eigenvalue weighted by Gasteiger charge is 2.32. The van der Waals surface area contributed by atoms with Crippen molar-refractivity contribution in [1.29, 1.82) is 0 Å². The Hall–Kier alpha value is -2.84. The average Bonchev–Trinajstić information content (AvgIpc) is 3.07. The molecule has 2 aromatic carbocycles. The summed E-state index contributed by atoms with van der Waals surface area (Å²) in [5.41, 5.74) is 1.86. The van der Waals surface area contributed by atoms with Crippen LogP contribution in [0.5, 0.6) is 5.75 Å². The first-order valence-electron chi connectivity index (χ1n) is 10.1. The number of nitrogens with zero attached hydrogens (tertiary/aromatic N) is 2. The van der Waals surface area contributed by atoms with Gasteiger partial charge in [-0.3, -0.25) is 9.69 Å². The van der Waals surface area contributed by atoms with Gasteiger partial charge in [-0.05, 0) is 83.5 Å². The molecule has 0 atom stereocenters. The van der Waals surface area contributed by atoms with Crippen LogP contribution in [-0.4, -0.2) is 41.7 Å². The van der Waals surface area contributed by atoms with Gasteiger partial charge in [0.1, 0.15) is 12.4 Å². The monoisotopic (exact) mass is 514 g/mol. The summed E-state index contributed by atoms with van der Waals surface area (Å²) in [5.74, 6) is 0.195. The van der Waals surface area contributed by atoms with E-state index >= 15 is 0 Å². The Bertz CT molecular complexity index is 1100. The third-order valence-corrected chi connectivity index (χ3v) is 6.02. The van der Waals surface area contributed by atoms with Crippen LogP contribution in [0.15, 0.2) is 69.5 Å². The summed E-state index contributed by atoms with van der Waals surface area (Å²) in [5, 5.41) is 0.565. The molecule has 0 N–H and O–H groups in total. The zero-order valence-electron chi connectivity index (χ0n) is 17.8. The van der Waals surface area contributed by atoms with Crippen molar-refractivity contribution in [3.8, 4) is 5.75 Å². The number of esters is 1. The molecule has 1 fully saturated rings. The molecule has 2 aromatic rings. The molecule has 8 heteroatoms. The quantitative estimate of drug-likeness (QED) is 0.252. The first-order valence-corrected chi connectivity index (χ1v) is 11.7. The number of hydrogen-bond donors (Lipinski definition) is 0. The normalized spacial score (nSPS) is 16.0. The van der Waals surface area contributed by atoms with Crippen molar-refractivity contribution in [2.24, 2.45) is 4.99 Å². The summed E-state index contributed by atoms with van der Waals surface area (Å²) in [6, 6.07) is 12.5. The van der Waals surface area contributed by atoms with Gasteiger partial charge < -0.3 is 9.47 Å². The minimum absolute atomic E-state index is 0.110. The number of carbonyl (C=O) groups is 2. The third-order valence-electron chi connectivity index (χ3n) is 4.40. The standard InChI is InChI=1S/C24H23BrN2O4S/c1-4-12-31-20-11-10-16(13-19(20)25)14-21-22(28)27(5-2)24(32-21)26-18-9-7-8-17(15-18)23(29)30-6-3/h4,7-11,13-15H,1,5-6,12H2,2-3H3. The summed E-state index contributed by atoms with van der Waals surface area (Å²) in [7, 11) is 0. The lowest BCUT2D eigenvalue weighted by Gasteiger charge is -2.12. The lowest BCUT2D eigenvalue weighted by atomic mass is 10.2. The van der Waals surface area contributed by atoms with E-state index in [1.807, 2.05) is 31.2 Å². The maximum atomic E-state index is 12.9. The molecule has 1 aliphatic rings. The predicted molar refractivity (Wildman–Crippen MR) is 132 cm³/mol. The van der Waals surface area contributed by atoms with Crippen LogP contribution >= 0.6 is 27.7 Å². The Morgan fingerprint density at radius 3 is 2.75 bits per heavy atom. The van der Waals surface area contributed by atoms with Crippen molar-refractivity contribution in [3.63, 3.8) is 0 Å². The number of amides is 1. The minimum Gasteiger partial charge on any atom is -0.488 e. The Morgan fingerprint density at radius 2 is 2.06 bits per heavy atom. The third kappa shape index (κ3) is 5.69. The van der Waals surface area contributed by atoms with Crippen LogP contribution in [-0.2, 0) is 9.53 Å². The Balaban J connectivity index is 1.86. The van der Waals surface area contributed by atoms with Crippen LogP contribution in [0.2, 0.25) is 0 Å². The molecule has 0 aromatic heterocycles. The summed E-state index contributed by atoms with van der Waals surface area (Å²) in [6.45, 7) is 8.50. The summed E-state index contributed by atoms with van der Waals surface area (Å²) in [4.78, 5) is 31.7. The van der Waals surface area contributed by atoms with E-state index in [-0.39, 0.29) is 5.91 Å². The fourth-order valence-corrected chi connectivity index (χ4v) is 4.49. The second kappa shape index (κ2) is 11.2. The van der Waals surface area contributed by atoms with Gasteiger partial charge in [-0.2, -0.15) is 0 Å². The number of carbonyl (C=O) groups excluding carboxylic acids is 2. The fraction of sp³-hybridized carbons (Fsp3) is 0.208. The topological polar surface area (TPSA) is 68.2 Å². The van der Waals surface area contributed by atoms with Crippen LogP contribution in [0.1, 0.15) is 29.8 Å². The minimum atomic E-state index is -0.399. The van der Waals surface area contributed by atoms with Crippen molar-refractivity contribution in [2.45, 2.75) is 13.8 Å². The van der Waals surface area contributed by atoms with Gasteiger partial charge in [-0.1, -0.05) is 24.8 Å². The molecule has 3 rings (SSSR count). The van der Waals surface area contributed by atoms with Gasteiger partial charge in [0.15, 0.2) is 5.17 Å². The predicted octanol–water partition coefficient (Wildman–Crippen LogP) is 5.81. The maximum absolute atomic E-state index is 12.9. The molecule has 0 radical (unpaired) electrons. The number of aliphatic imine (C=N–C) groups is 1. The van der Waals surface area contributed by atoms with Gasteiger partial charge in [0.2, 0.25) is 0 Å². The van der Waals surface area contributed by atoms with Gasteiger partial charge in [-0.25, -0.2) is 9.79 Å². The summed E-state index contributed by atoms with van der Waals surface area (Å²) >= 11 is 4.80. The van der Waals surface area contributed by atoms with E-state index in [1.54, 1.807) is 42.2 Å². The van der Waals surface area contributed by atoms with E-state index in [2.05, 4.69) is 27.5 Å². The first kappa shape index (κ1) is 23.8. The molecule has 0 spiro atoms. The molecule has 0 bridgehead atoms. The van der Waals surface area contributed by atoms with Crippen molar-refractivity contribution in [1.82, 2.24) is 4.90 Å². The Morgan fingerprint density at radius 1 is 1.25 bits per heavy atom. The second-order valence-corrected chi connectivity index (χ2v) is 8.48. The number of thioether (sulfide) groups is 1. The second-order valence-electron chi connectivity index (χ2n) is 6.61. The zero-order valence-corrected chi connectivity index (χ0v) is 20.2. The Kier molecular flexibility index (Phi) is 8.30. The van der Waals surface area contributed by atoms with E-state index in [4.69, 9.17) is 9.47 Å². The van der Waals surface area contributed by atoms with Crippen molar-refractivity contribution in [2.75, 3.05) is 19.8 Å². The van der Waals surface area contributed by atoms with Crippen molar-refractivity contribution in [3.05, 3.63) is 75.6 Å². The van der Waals surface area contributed by atoms with E-state index < -0.39 is 5.97 Å². The van der Waals surface area contributed by atoms with Crippen LogP contribution in [0.25, 0.3) is 6.08 Å². The molecule has 6 nitrogen and oxygen atoms in total. The number of likely N-dealkylation sites (N-methyl/N-ethyl adjacent to an activating group) is 1. The number of hydrogen-bond acceptors (Lipinski definition) is 6. The fourth-order valence-electron chi connectivity index (χ4n) is 2.92. The van der Waals surface area contributed by atoms with Gasteiger partial charge >= 0.3 is 5.97 Å². The first-order chi connectivity index (χ1) is 15.5. The summed E-state index contributed by atoms with van der Waals surface area (Å²) < 4.78 is 11.4. The van der Waals surface area contributed by atoms with Crippen LogP contribution in [0, 0.1) is 0 Å². The molecule has 1 heterocycles. The van der Waals surface area contributed by atoms with Crippen LogP contribution in [0.4, 0.5) is 5.69 Å². The van der Waals surface area contributed by atoms with Crippen LogP contribution < -0.4 is 4.74 Å². The van der Waals surface area contributed by atoms with Crippen LogP contribution in [0.3, 0.4) is 0 Å². The molecule has 0 saturated carbocycles. The molecular weight excluding hydrogens is 492 g/mol.